The summed E-state index contributed by atoms with van der Waals surface area (Å²) >= 11 is 0. The Hall–Kier alpha value is -2.56. The maximum Gasteiger partial charge on any atom is 0.133 e. The molecule has 0 amide bonds. The van der Waals surface area contributed by atoms with Gasteiger partial charge in [-0.2, -0.15) is 0 Å². The largest absolute Gasteiger partial charge is 0.383 e. The van der Waals surface area contributed by atoms with E-state index >= 15 is 0 Å². The SMILES string of the molecule is Nc1nc(-c2cnccn2)cc2ncccc12. The number of nitrogen functional groups attached to an aromatic ring is 1. The van der Waals surface area contributed by atoms with Crippen molar-refractivity contribution < 1.29 is 0 Å². The molecule has 0 fully saturated rings. The highest BCUT2D eigenvalue weighted by Crippen LogP contribution is 2.22. The van der Waals surface area contributed by atoms with Gasteiger partial charge in [0.2, 0.25) is 0 Å². The molecule has 0 unspecified atom stereocenters. The Balaban J connectivity index is 2.26. The highest BCUT2D eigenvalue weighted by atomic mass is 14.9. The summed E-state index contributed by atoms with van der Waals surface area (Å²) in [5.41, 5.74) is 8.07. The standard InChI is InChI=1S/C12H9N5/c13-12-8-2-1-3-15-9(8)6-10(17-12)11-7-14-4-5-16-11/h1-7H,(H2,13,17). The van der Waals surface area contributed by atoms with Gasteiger partial charge < -0.3 is 5.73 Å². The first-order valence-corrected chi connectivity index (χ1v) is 5.12. The summed E-state index contributed by atoms with van der Waals surface area (Å²) in [4.78, 5) is 16.8. The Labute approximate surface area is 97.4 Å². The molecular weight excluding hydrogens is 214 g/mol. The molecule has 0 saturated carbocycles. The number of fused-ring (bicyclic) bond motifs is 1. The lowest BCUT2D eigenvalue weighted by Gasteiger charge is -2.04. The summed E-state index contributed by atoms with van der Waals surface area (Å²) in [5, 5.41) is 0.847. The fourth-order valence-electron chi connectivity index (χ4n) is 1.66. The van der Waals surface area contributed by atoms with E-state index in [1.54, 1.807) is 24.8 Å². The van der Waals surface area contributed by atoms with Crippen LogP contribution in [0.25, 0.3) is 22.3 Å². The molecule has 0 aliphatic heterocycles. The van der Waals surface area contributed by atoms with Crippen LogP contribution in [0.2, 0.25) is 0 Å². The number of hydrogen-bond donors (Lipinski definition) is 1. The second-order valence-electron chi connectivity index (χ2n) is 3.55. The fraction of sp³-hybridized carbons (Fsp3) is 0. The van der Waals surface area contributed by atoms with Crippen LogP contribution in [0.15, 0.2) is 43.0 Å². The maximum absolute atomic E-state index is 5.90. The molecule has 17 heavy (non-hydrogen) atoms. The molecule has 2 N–H and O–H groups in total. The monoisotopic (exact) mass is 223 g/mol. The number of nitrogens with two attached hydrogens (primary N) is 1. The Morgan fingerprint density at radius 1 is 1.00 bits per heavy atom. The predicted octanol–water partition coefficient (Wildman–Crippen LogP) is 1.67. The van der Waals surface area contributed by atoms with Crippen LogP contribution in [0.3, 0.4) is 0 Å². The van der Waals surface area contributed by atoms with E-state index in [1.165, 1.54) is 0 Å². The quantitative estimate of drug-likeness (QED) is 0.679. The van der Waals surface area contributed by atoms with E-state index in [4.69, 9.17) is 5.73 Å². The molecule has 5 nitrogen and oxygen atoms in total. The van der Waals surface area contributed by atoms with Gasteiger partial charge in [-0.25, -0.2) is 4.98 Å². The van der Waals surface area contributed by atoms with Crippen molar-refractivity contribution in [3.63, 3.8) is 0 Å². The van der Waals surface area contributed by atoms with Crippen LogP contribution in [0.1, 0.15) is 0 Å². The van der Waals surface area contributed by atoms with E-state index in [0.717, 1.165) is 10.9 Å². The van der Waals surface area contributed by atoms with Crippen molar-refractivity contribution >= 4 is 16.7 Å². The summed E-state index contributed by atoms with van der Waals surface area (Å²) in [6.45, 7) is 0. The molecular formula is C12H9N5. The Bertz CT molecular complexity index is 666. The normalized spacial score (nSPS) is 10.6. The second kappa shape index (κ2) is 3.79. The molecule has 0 radical (unpaired) electrons. The molecule has 0 saturated heterocycles. The van der Waals surface area contributed by atoms with Gasteiger partial charge in [0.1, 0.15) is 11.5 Å². The number of anilines is 1. The minimum Gasteiger partial charge on any atom is -0.383 e. The zero-order valence-electron chi connectivity index (χ0n) is 8.91. The summed E-state index contributed by atoms with van der Waals surface area (Å²) in [6, 6.07) is 5.59. The molecule has 3 heterocycles. The number of rotatable bonds is 1. The van der Waals surface area contributed by atoms with Crippen LogP contribution in [0.4, 0.5) is 5.82 Å². The summed E-state index contributed by atoms with van der Waals surface area (Å²) < 4.78 is 0. The van der Waals surface area contributed by atoms with Crippen molar-refractivity contribution in [1.29, 1.82) is 0 Å². The minimum atomic E-state index is 0.455. The average molecular weight is 223 g/mol. The van der Waals surface area contributed by atoms with Gasteiger partial charge in [0.15, 0.2) is 0 Å². The molecule has 3 aromatic heterocycles. The molecule has 0 aliphatic carbocycles. The summed E-state index contributed by atoms with van der Waals surface area (Å²) in [5.74, 6) is 0.455. The van der Waals surface area contributed by atoms with Gasteiger partial charge in [0, 0.05) is 24.0 Å². The Morgan fingerprint density at radius 3 is 2.76 bits per heavy atom. The van der Waals surface area contributed by atoms with E-state index in [1.807, 2.05) is 18.2 Å². The molecule has 5 heteroatoms. The smallest absolute Gasteiger partial charge is 0.133 e. The van der Waals surface area contributed by atoms with Gasteiger partial charge in [-0.3, -0.25) is 15.0 Å². The second-order valence-corrected chi connectivity index (χ2v) is 3.55. The van der Waals surface area contributed by atoms with Crippen LogP contribution < -0.4 is 5.73 Å². The van der Waals surface area contributed by atoms with Gasteiger partial charge in [-0.1, -0.05) is 0 Å². The lowest BCUT2D eigenvalue weighted by atomic mass is 10.2. The van der Waals surface area contributed by atoms with Crippen LogP contribution in [-0.2, 0) is 0 Å². The van der Waals surface area contributed by atoms with Gasteiger partial charge >= 0.3 is 0 Å². The van der Waals surface area contributed by atoms with Gasteiger partial charge in [0.05, 0.1) is 17.4 Å². The van der Waals surface area contributed by atoms with E-state index in [2.05, 4.69) is 19.9 Å². The zero-order valence-corrected chi connectivity index (χ0v) is 8.91. The topological polar surface area (TPSA) is 77.6 Å². The summed E-state index contributed by atoms with van der Waals surface area (Å²) in [6.07, 6.45) is 6.61. The third-order valence-corrected chi connectivity index (χ3v) is 2.45. The van der Waals surface area contributed by atoms with Gasteiger partial charge in [-0.15, -0.1) is 0 Å². The van der Waals surface area contributed by atoms with Crippen LogP contribution in [-0.4, -0.2) is 19.9 Å². The molecule has 0 aromatic carbocycles. The molecule has 0 atom stereocenters. The first-order valence-electron chi connectivity index (χ1n) is 5.12. The third kappa shape index (κ3) is 1.67. The van der Waals surface area contributed by atoms with Crippen LogP contribution >= 0.6 is 0 Å². The Morgan fingerprint density at radius 2 is 1.94 bits per heavy atom. The number of pyridine rings is 2. The first kappa shape index (κ1) is 9.65. The van der Waals surface area contributed by atoms with E-state index < -0.39 is 0 Å². The highest BCUT2D eigenvalue weighted by Gasteiger charge is 2.06. The maximum atomic E-state index is 5.90. The van der Waals surface area contributed by atoms with Crippen molar-refractivity contribution in [2.24, 2.45) is 0 Å². The number of hydrogen-bond acceptors (Lipinski definition) is 5. The zero-order chi connectivity index (χ0) is 11.7. The molecule has 82 valence electrons. The van der Waals surface area contributed by atoms with Crippen molar-refractivity contribution in [3.8, 4) is 11.4 Å². The van der Waals surface area contributed by atoms with Gasteiger partial charge in [0.25, 0.3) is 0 Å². The minimum absolute atomic E-state index is 0.455. The summed E-state index contributed by atoms with van der Waals surface area (Å²) in [7, 11) is 0. The van der Waals surface area contributed by atoms with Gasteiger partial charge in [-0.05, 0) is 18.2 Å². The van der Waals surface area contributed by atoms with Crippen LogP contribution in [0, 0.1) is 0 Å². The predicted molar refractivity (Wildman–Crippen MR) is 65.0 cm³/mol. The molecule has 0 spiro atoms. The highest BCUT2D eigenvalue weighted by molar-refractivity contribution is 5.90. The van der Waals surface area contributed by atoms with Crippen molar-refractivity contribution in [3.05, 3.63) is 43.0 Å². The molecule has 3 aromatic rings. The van der Waals surface area contributed by atoms with Crippen molar-refractivity contribution in [2.45, 2.75) is 0 Å². The third-order valence-electron chi connectivity index (χ3n) is 2.45. The number of aromatic nitrogens is 4. The fourth-order valence-corrected chi connectivity index (χ4v) is 1.66. The van der Waals surface area contributed by atoms with E-state index in [9.17, 15) is 0 Å². The first-order chi connectivity index (χ1) is 8.34. The molecule has 3 rings (SSSR count). The Kier molecular flexibility index (Phi) is 2.15. The van der Waals surface area contributed by atoms with Crippen molar-refractivity contribution in [2.75, 3.05) is 5.73 Å². The lowest BCUT2D eigenvalue weighted by molar-refractivity contribution is 1.18. The van der Waals surface area contributed by atoms with E-state index in [-0.39, 0.29) is 0 Å². The lowest BCUT2D eigenvalue weighted by Crippen LogP contribution is -1.96. The van der Waals surface area contributed by atoms with Crippen LogP contribution in [0.5, 0.6) is 0 Å². The van der Waals surface area contributed by atoms with E-state index in [0.29, 0.717) is 17.2 Å². The number of nitrogens with zero attached hydrogens (tertiary/aromatic N) is 4. The van der Waals surface area contributed by atoms with Crippen molar-refractivity contribution in [1.82, 2.24) is 19.9 Å². The molecule has 0 aliphatic rings. The molecule has 0 bridgehead atoms. The average Bonchev–Trinajstić information content (AvgIpc) is 2.40.